The van der Waals surface area contributed by atoms with Crippen LogP contribution in [0.1, 0.15) is 21.5 Å². The van der Waals surface area contributed by atoms with Crippen molar-refractivity contribution in [3.05, 3.63) is 71.3 Å². The van der Waals surface area contributed by atoms with Crippen LogP contribution in [0.5, 0.6) is 0 Å². The molecular formula is C19H18N4OS. The Hall–Kier alpha value is -2.86. The van der Waals surface area contributed by atoms with Gasteiger partial charge in [0.1, 0.15) is 10.6 Å². The molecule has 1 amide bonds. The van der Waals surface area contributed by atoms with Gasteiger partial charge in [-0.1, -0.05) is 48.0 Å². The second kappa shape index (κ2) is 7.81. The fourth-order valence-electron chi connectivity index (χ4n) is 2.27. The molecule has 0 fully saturated rings. The van der Waals surface area contributed by atoms with Crippen LogP contribution in [-0.4, -0.2) is 28.6 Å². The van der Waals surface area contributed by atoms with E-state index in [0.29, 0.717) is 16.4 Å². The lowest BCUT2D eigenvalue weighted by molar-refractivity contribution is 0.102. The lowest BCUT2D eigenvalue weighted by atomic mass is 10.2. The number of carbonyl (C=O) groups excluding carboxylic acids is 1. The minimum absolute atomic E-state index is 0.236. The van der Waals surface area contributed by atoms with Gasteiger partial charge in [-0.2, -0.15) is 5.10 Å². The first-order chi connectivity index (χ1) is 12.2. The Balaban J connectivity index is 1.86. The van der Waals surface area contributed by atoms with E-state index < -0.39 is 0 Å². The number of nitrogens with one attached hydrogen (secondary N) is 2. The number of H-pyrrole nitrogens is 1. The molecule has 1 heterocycles. The van der Waals surface area contributed by atoms with Gasteiger partial charge in [0.05, 0.1) is 0 Å². The Morgan fingerprint density at radius 2 is 1.88 bits per heavy atom. The molecule has 0 saturated carbocycles. The lowest BCUT2D eigenvalue weighted by Gasteiger charge is -2.05. The normalized spacial score (nSPS) is 11.0. The van der Waals surface area contributed by atoms with Crippen molar-refractivity contribution in [2.75, 3.05) is 11.6 Å². The van der Waals surface area contributed by atoms with E-state index in [1.807, 2.05) is 67.8 Å². The van der Waals surface area contributed by atoms with Crippen LogP contribution in [0, 0.1) is 6.92 Å². The van der Waals surface area contributed by atoms with Gasteiger partial charge in [-0.15, -0.1) is 11.8 Å². The molecule has 0 bridgehead atoms. The smallest absolute Gasteiger partial charge is 0.262 e. The third kappa shape index (κ3) is 4.16. The van der Waals surface area contributed by atoms with Gasteiger partial charge < -0.3 is 5.32 Å². The highest BCUT2D eigenvalue weighted by Gasteiger charge is 2.19. The van der Waals surface area contributed by atoms with Crippen LogP contribution in [0.4, 0.5) is 11.5 Å². The minimum Gasteiger partial charge on any atom is -0.322 e. The highest BCUT2D eigenvalue weighted by molar-refractivity contribution is 7.98. The van der Waals surface area contributed by atoms with Gasteiger partial charge in [-0.3, -0.25) is 9.89 Å². The number of nitrogens with zero attached hydrogens (tertiary/aromatic N) is 2. The number of amides is 1. The number of thioether (sulfide) groups is 1. The Morgan fingerprint density at radius 3 is 2.56 bits per heavy atom. The van der Waals surface area contributed by atoms with Crippen molar-refractivity contribution >= 4 is 35.4 Å². The van der Waals surface area contributed by atoms with Crippen LogP contribution in [-0.2, 0) is 0 Å². The molecule has 2 N–H and O–H groups in total. The average Bonchev–Trinajstić information content (AvgIpc) is 3.05. The first kappa shape index (κ1) is 17.0. The molecule has 3 rings (SSSR count). The number of aryl methyl sites for hydroxylation is 1. The molecule has 0 spiro atoms. The molecule has 1 aromatic heterocycles. The molecule has 6 heteroatoms. The second-order valence-electron chi connectivity index (χ2n) is 5.45. The number of benzene rings is 2. The van der Waals surface area contributed by atoms with Gasteiger partial charge in [-0.05, 0) is 30.9 Å². The van der Waals surface area contributed by atoms with E-state index in [2.05, 4.69) is 20.5 Å². The molecule has 25 heavy (non-hydrogen) atoms. The van der Waals surface area contributed by atoms with Gasteiger partial charge in [0, 0.05) is 11.9 Å². The Bertz CT molecular complexity index is 886. The SMILES string of the molecule is CSc1n[nH]c(/N=C\c2ccc(C)cc2)c1C(=O)Nc1ccccc1. The zero-order chi connectivity index (χ0) is 17.6. The van der Waals surface area contributed by atoms with Crippen molar-refractivity contribution in [3.63, 3.8) is 0 Å². The third-order valence-electron chi connectivity index (χ3n) is 3.59. The van der Waals surface area contributed by atoms with Crippen LogP contribution in [0.15, 0.2) is 64.6 Å². The molecule has 0 unspecified atom stereocenters. The summed E-state index contributed by atoms with van der Waals surface area (Å²) in [7, 11) is 0. The zero-order valence-corrected chi connectivity index (χ0v) is 14.8. The molecule has 0 aliphatic heterocycles. The number of aromatic nitrogens is 2. The largest absolute Gasteiger partial charge is 0.322 e. The van der Waals surface area contributed by atoms with E-state index in [1.54, 1.807) is 6.21 Å². The second-order valence-corrected chi connectivity index (χ2v) is 6.24. The van der Waals surface area contributed by atoms with Crippen LogP contribution in [0.2, 0.25) is 0 Å². The van der Waals surface area contributed by atoms with Gasteiger partial charge in [0.2, 0.25) is 0 Å². The number of hydrogen-bond acceptors (Lipinski definition) is 4. The summed E-state index contributed by atoms with van der Waals surface area (Å²) < 4.78 is 0. The molecular weight excluding hydrogens is 332 g/mol. The maximum Gasteiger partial charge on any atom is 0.262 e. The zero-order valence-electron chi connectivity index (χ0n) is 14.0. The molecule has 0 radical (unpaired) electrons. The summed E-state index contributed by atoms with van der Waals surface area (Å²) in [5.41, 5.74) is 3.32. The number of carbonyl (C=O) groups is 1. The van der Waals surface area contributed by atoms with E-state index in [-0.39, 0.29) is 5.91 Å². The molecule has 126 valence electrons. The fourth-order valence-corrected chi connectivity index (χ4v) is 2.80. The predicted molar refractivity (Wildman–Crippen MR) is 103 cm³/mol. The maximum absolute atomic E-state index is 12.7. The van der Waals surface area contributed by atoms with Crippen LogP contribution >= 0.6 is 11.8 Å². The average molecular weight is 350 g/mol. The van der Waals surface area contributed by atoms with E-state index in [1.165, 1.54) is 17.3 Å². The minimum atomic E-state index is -0.236. The van der Waals surface area contributed by atoms with Crippen molar-refractivity contribution in [1.82, 2.24) is 10.2 Å². The maximum atomic E-state index is 12.7. The predicted octanol–water partition coefficient (Wildman–Crippen LogP) is 4.44. The molecule has 3 aromatic rings. The van der Waals surface area contributed by atoms with Crippen LogP contribution in [0.3, 0.4) is 0 Å². The summed E-state index contributed by atoms with van der Waals surface area (Å²) in [6.07, 6.45) is 3.60. The van der Waals surface area contributed by atoms with Gasteiger partial charge in [-0.25, -0.2) is 4.99 Å². The summed E-state index contributed by atoms with van der Waals surface area (Å²) in [5.74, 6) is 0.207. The van der Waals surface area contributed by atoms with Gasteiger partial charge in [0.15, 0.2) is 5.82 Å². The summed E-state index contributed by atoms with van der Waals surface area (Å²) >= 11 is 1.40. The summed E-state index contributed by atoms with van der Waals surface area (Å²) in [4.78, 5) is 17.1. The number of rotatable bonds is 5. The quantitative estimate of drug-likeness (QED) is 0.528. The van der Waals surface area contributed by atoms with Crippen LogP contribution < -0.4 is 5.32 Å². The van der Waals surface area contributed by atoms with Gasteiger partial charge in [0.25, 0.3) is 5.91 Å². The molecule has 5 nitrogen and oxygen atoms in total. The molecule has 2 aromatic carbocycles. The first-order valence-corrected chi connectivity index (χ1v) is 8.99. The highest BCUT2D eigenvalue weighted by Crippen LogP contribution is 2.27. The van der Waals surface area contributed by atoms with Crippen molar-refractivity contribution in [3.8, 4) is 0 Å². The standard InChI is InChI=1S/C19H18N4OS/c1-13-8-10-14(11-9-13)12-20-17-16(19(25-2)23-22-17)18(24)21-15-6-4-3-5-7-15/h3-12H,1-2H3,(H,21,24)(H,22,23)/b20-12-. The number of aliphatic imine (C=N–C) groups is 1. The van der Waals surface area contributed by atoms with E-state index >= 15 is 0 Å². The monoisotopic (exact) mass is 350 g/mol. The summed E-state index contributed by atoms with van der Waals surface area (Å²) in [5, 5.41) is 10.5. The Kier molecular flexibility index (Phi) is 5.30. The third-order valence-corrected chi connectivity index (χ3v) is 4.27. The molecule has 0 saturated heterocycles. The highest BCUT2D eigenvalue weighted by atomic mass is 32.2. The van der Waals surface area contributed by atoms with E-state index in [9.17, 15) is 4.79 Å². The van der Waals surface area contributed by atoms with Crippen molar-refractivity contribution < 1.29 is 4.79 Å². The fraction of sp³-hybridized carbons (Fsp3) is 0.105. The topological polar surface area (TPSA) is 70.1 Å². The lowest BCUT2D eigenvalue weighted by Crippen LogP contribution is -2.12. The number of hydrogen-bond donors (Lipinski definition) is 2. The van der Waals surface area contributed by atoms with Gasteiger partial charge >= 0.3 is 0 Å². The summed E-state index contributed by atoms with van der Waals surface area (Å²) in [6.45, 7) is 2.03. The van der Waals surface area contributed by atoms with E-state index in [4.69, 9.17) is 0 Å². The van der Waals surface area contributed by atoms with E-state index in [0.717, 1.165) is 11.3 Å². The molecule has 0 aliphatic carbocycles. The van der Waals surface area contributed by atoms with Crippen molar-refractivity contribution in [2.45, 2.75) is 11.9 Å². The number of anilines is 1. The molecule has 0 atom stereocenters. The molecule has 0 aliphatic rings. The van der Waals surface area contributed by atoms with Crippen LogP contribution in [0.25, 0.3) is 0 Å². The van der Waals surface area contributed by atoms with Crippen molar-refractivity contribution in [1.29, 1.82) is 0 Å². The van der Waals surface area contributed by atoms with Crippen molar-refractivity contribution in [2.24, 2.45) is 4.99 Å². The Morgan fingerprint density at radius 1 is 1.16 bits per heavy atom. The summed E-state index contributed by atoms with van der Waals surface area (Å²) in [6, 6.07) is 17.3. The number of para-hydroxylation sites is 1. The first-order valence-electron chi connectivity index (χ1n) is 7.77. The number of aromatic amines is 1. The Labute approximate surface area is 150 Å².